The molecule has 2 atom stereocenters. The van der Waals surface area contributed by atoms with E-state index in [2.05, 4.69) is 16.3 Å². The highest BCUT2D eigenvalue weighted by atomic mass is 16.7. The monoisotopic (exact) mass is 526 g/mol. The molecule has 9 heteroatoms. The van der Waals surface area contributed by atoms with Crippen LogP contribution in [0.1, 0.15) is 40.9 Å². The van der Waals surface area contributed by atoms with Crippen LogP contribution in [0.25, 0.3) is 0 Å². The van der Waals surface area contributed by atoms with Crippen molar-refractivity contribution in [3.8, 4) is 17.2 Å². The maximum Gasteiger partial charge on any atom is 0.325 e. The Morgan fingerprint density at radius 1 is 0.949 bits per heavy atom. The summed E-state index contributed by atoms with van der Waals surface area (Å²) in [5.41, 5.74) is 2.49. The molecular formula is C30H30N4O5. The molecule has 0 radical (unpaired) electrons. The van der Waals surface area contributed by atoms with Gasteiger partial charge in [-0.2, -0.15) is 0 Å². The zero-order valence-corrected chi connectivity index (χ0v) is 21.8. The van der Waals surface area contributed by atoms with Gasteiger partial charge in [-0.1, -0.05) is 30.3 Å². The molecule has 2 bridgehead atoms. The summed E-state index contributed by atoms with van der Waals surface area (Å²) in [6, 6.07) is 20.8. The number of nitrogens with zero attached hydrogens (tertiary/aromatic N) is 3. The molecule has 9 nitrogen and oxygen atoms in total. The molecule has 7 rings (SSSR count). The van der Waals surface area contributed by atoms with Crippen LogP contribution in [0.15, 0.2) is 66.7 Å². The van der Waals surface area contributed by atoms with E-state index in [-0.39, 0.29) is 24.8 Å². The Kier molecular flexibility index (Phi) is 5.62. The summed E-state index contributed by atoms with van der Waals surface area (Å²) < 4.78 is 17.3. The van der Waals surface area contributed by atoms with Crippen LogP contribution in [0.5, 0.6) is 17.2 Å². The third kappa shape index (κ3) is 4.23. The van der Waals surface area contributed by atoms with Gasteiger partial charge in [0.05, 0.1) is 11.7 Å². The van der Waals surface area contributed by atoms with E-state index in [1.807, 2.05) is 66.4 Å². The predicted molar refractivity (Wildman–Crippen MR) is 144 cm³/mol. The van der Waals surface area contributed by atoms with Crippen LogP contribution >= 0.6 is 0 Å². The van der Waals surface area contributed by atoms with Crippen molar-refractivity contribution in [2.45, 2.75) is 31.7 Å². The normalized spacial score (nSPS) is 23.6. The minimum Gasteiger partial charge on any atom is -0.467 e. The molecule has 2 fully saturated rings. The van der Waals surface area contributed by atoms with Crippen molar-refractivity contribution >= 4 is 17.6 Å². The topological polar surface area (TPSA) is 83.6 Å². The first-order valence-electron chi connectivity index (χ1n) is 13.4. The van der Waals surface area contributed by atoms with Gasteiger partial charge in [0.15, 0.2) is 17.2 Å². The summed E-state index contributed by atoms with van der Waals surface area (Å²) in [5.74, 6) is 2.31. The molecule has 4 aliphatic heterocycles. The van der Waals surface area contributed by atoms with E-state index in [0.29, 0.717) is 30.8 Å². The standard InChI is InChI=1S/C30H30N4O5/c1-30-17-24(23-7-2-3-8-25(23)39-30)31-29(36)34(30)22-6-4-5-21(16-22)28(35)33-13-11-32(12-14-33)18-20-9-10-26-27(15-20)38-19-37-26/h2-10,15-16,24H,11-14,17-19H2,1H3,(H,31,36)/t24-,30-/m1/s1. The number of hydrogen-bond acceptors (Lipinski definition) is 6. The molecular weight excluding hydrogens is 496 g/mol. The minimum absolute atomic E-state index is 0.0325. The van der Waals surface area contributed by atoms with Crippen LogP contribution in [0.2, 0.25) is 0 Å². The maximum atomic E-state index is 13.5. The lowest BCUT2D eigenvalue weighted by Crippen LogP contribution is -2.65. The molecule has 0 unspecified atom stereocenters. The van der Waals surface area contributed by atoms with Crippen molar-refractivity contribution in [3.05, 3.63) is 83.4 Å². The van der Waals surface area contributed by atoms with Gasteiger partial charge in [0, 0.05) is 50.3 Å². The SMILES string of the molecule is C[C@@]12C[C@@H](NC(=O)N1c1cccc(C(=O)N3CCN(Cc4ccc5c(c4)OCO5)CC3)c1)c1ccccc1O2. The van der Waals surface area contributed by atoms with E-state index in [4.69, 9.17) is 14.2 Å². The summed E-state index contributed by atoms with van der Waals surface area (Å²) in [6.45, 7) is 5.82. The zero-order chi connectivity index (χ0) is 26.6. The summed E-state index contributed by atoms with van der Waals surface area (Å²) >= 11 is 0. The van der Waals surface area contributed by atoms with Crippen LogP contribution in [0.3, 0.4) is 0 Å². The number of para-hydroxylation sites is 1. The molecule has 0 spiro atoms. The Balaban J connectivity index is 1.04. The number of urea groups is 1. The molecule has 3 aromatic rings. The highest BCUT2D eigenvalue weighted by molar-refractivity contribution is 5.99. The highest BCUT2D eigenvalue weighted by Gasteiger charge is 2.49. The van der Waals surface area contributed by atoms with Gasteiger partial charge in [0.2, 0.25) is 6.79 Å². The second kappa shape index (κ2) is 9.20. The molecule has 200 valence electrons. The molecule has 4 heterocycles. The summed E-state index contributed by atoms with van der Waals surface area (Å²) in [6.07, 6.45) is 0.610. The van der Waals surface area contributed by atoms with Gasteiger partial charge < -0.3 is 24.4 Å². The molecule has 39 heavy (non-hydrogen) atoms. The van der Waals surface area contributed by atoms with Gasteiger partial charge in [-0.25, -0.2) is 4.79 Å². The van der Waals surface area contributed by atoms with Crippen molar-refractivity contribution in [3.63, 3.8) is 0 Å². The van der Waals surface area contributed by atoms with Gasteiger partial charge in [0.1, 0.15) is 5.75 Å². The second-order valence-corrected chi connectivity index (χ2v) is 10.7. The lowest BCUT2D eigenvalue weighted by molar-refractivity contribution is 0.0378. The van der Waals surface area contributed by atoms with Crippen molar-refractivity contribution in [2.75, 3.05) is 37.9 Å². The Morgan fingerprint density at radius 3 is 2.64 bits per heavy atom. The van der Waals surface area contributed by atoms with Gasteiger partial charge in [-0.15, -0.1) is 0 Å². The van der Waals surface area contributed by atoms with Crippen molar-refractivity contribution < 1.29 is 23.8 Å². The molecule has 3 amide bonds. The van der Waals surface area contributed by atoms with Gasteiger partial charge in [-0.05, 0) is 48.9 Å². The fourth-order valence-electron chi connectivity index (χ4n) is 6.08. The summed E-state index contributed by atoms with van der Waals surface area (Å²) in [7, 11) is 0. The average Bonchev–Trinajstić information content (AvgIpc) is 3.41. The van der Waals surface area contributed by atoms with E-state index in [0.717, 1.165) is 48.0 Å². The third-order valence-electron chi connectivity index (χ3n) is 8.03. The van der Waals surface area contributed by atoms with E-state index >= 15 is 0 Å². The molecule has 1 N–H and O–H groups in total. The van der Waals surface area contributed by atoms with Gasteiger partial charge in [0.25, 0.3) is 5.91 Å². The van der Waals surface area contributed by atoms with Crippen LogP contribution in [0, 0.1) is 0 Å². The number of anilines is 1. The van der Waals surface area contributed by atoms with E-state index < -0.39 is 5.72 Å². The number of carbonyl (C=O) groups is 2. The summed E-state index contributed by atoms with van der Waals surface area (Å²) in [4.78, 5) is 32.6. The van der Waals surface area contributed by atoms with Crippen LogP contribution in [-0.2, 0) is 6.54 Å². The smallest absolute Gasteiger partial charge is 0.325 e. The van der Waals surface area contributed by atoms with Crippen LogP contribution < -0.4 is 24.4 Å². The number of nitrogens with one attached hydrogen (secondary N) is 1. The lowest BCUT2D eigenvalue weighted by atomic mass is 9.90. The van der Waals surface area contributed by atoms with Crippen LogP contribution in [0.4, 0.5) is 10.5 Å². The van der Waals surface area contributed by atoms with Crippen molar-refractivity contribution in [1.29, 1.82) is 0 Å². The number of carbonyl (C=O) groups excluding carboxylic acids is 2. The molecule has 0 aromatic heterocycles. The fraction of sp³-hybridized carbons (Fsp3) is 0.333. The van der Waals surface area contributed by atoms with Gasteiger partial charge in [-0.3, -0.25) is 14.6 Å². The fourth-order valence-corrected chi connectivity index (χ4v) is 6.08. The quantitative estimate of drug-likeness (QED) is 0.550. The molecule has 3 aromatic carbocycles. The average molecular weight is 527 g/mol. The molecule has 2 saturated heterocycles. The number of fused-ring (bicyclic) bond motifs is 5. The predicted octanol–water partition coefficient (Wildman–Crippen LogP) is 4.14. The number of hydrogen-bond donors (Lipinski definition) is 1. The van der Waals surface area contributed by atoms with E-state index in [9.17, 15) is 9.59 Å². The first-order valence-corrected chi connectivity index (χ1v) is 13.4. The largest absolute Gasteiger partial charge is 0.467 e. The molecule has 4 aliphatic rings. The zero-order valence-electron chi connectivity index (χ0n) is 21.8. The van der Waals surface area contributed by atoms with E-state index in [1.54, 1.807) is 11.0 Å². The Bertz CT molecular complexity index is 1450. The highest BCUT2D eigenvalue weighted by Crippen LogP contribution is 2.45. The molecule has 0 saturated carbocycles. The molecule has 0 aliphatic carbocycles. The first kappa shape index (κ1) is 23.8. The van der Waals surface area contributed by atoms with E-state index in [1.165, 1.54) is 0 Å². The Hall–Kier alpha value is -4.24. The Morgan fingerprint density at radius 2 is 1.77 bits per heavy atom. The number of benzene rings is 3. The van der Waals surface area contributed by atoms with Crippen molar-refractivity contribution in [1.82, 2.24) is 15.1 Å². The maximum absolute atomic E-state index is 13.5. The Labute approximate surface area is 226 Å². The lowest BCUT2D eigenvalue weighted by Gasteiger charge is -2.50. The number of rotatable bonds is 4. The minimum atomic E-state index is -0.858. The number of piperazine rings is 1. The first-order chi connectivity index (χ1) is 19.0. The van der Waals surface area contributed by atoms with Crippen molar-refractivity contribution in [2.24, 2.45) is 0 Å². The second-order valence-electron chi connectivity index (χ2n) is 10.7. The van der Waals surface area contributed by atoms with Gasteiger partial charge >= 0.3 is 6.03 Å². The number of amides is 3. The van der Waals surface area contributed by atoms with Crippen LogP contribution in [-0.4, -0.2) is 60.4 Å². The summed E-state index contributed by atoms with van der Waals surface area (Å²) in [5, 5.41) is 3.12. The third-order valence-corrected chi connectivity index (χ3v) is 8.03. The number of ether oxygens (including phenoxy) is 3.